The van der Waals surface area contributed by atoms with Crippen molar-refractivity contribution in [2.45, 2.75) is 25.0 Å². The summed E-state index contributed by atoms with van der Waals surface area (Å²) in [7, 11) is -1.49. The fraction of sp³-hybridized carbons (Fsp3) is 0.692. The summed E-state index contributed by atoms with van der Waals surface area (Å²) in [6.45, 7) is 4.14. The standard InChI is InChI=1S/C13H20N4O3S/c1-10-14-12(9-13(15-10)20-2)16-5-7-17(8-6-16)21(18,19)11-3-4-11/h9,11H,3-8H2,1-2H3. The highest BCUT2D eigenvalue weighted by atomic mass is 32.2. The van der Waals surface area contributed by atoms with Crippen LogP contribution < -0.4 is 9.64 Å². The smallest absolute Gasteiger partial charge is 0.218 e. The molecule has 1 aromatic heterocycles. The number of methoxy groups -OCH3 is 1. The predicted molar refractivity (Wildman–Crippen MR) is 79.0 cm³/mol. The van der Waals surface area contributed by atoms with E-state index in [0.29, 0.717) is 37.9 Å². The fourth-order valence-corrected chi connectivity index (χ4v) is 4.37. The normalized spacial score (nSPS) is 20.6. The van der Waals surface area contributed by atoms with E-state index in [-0.39, 0.29) is 5.25 Å². The third-order valence-corrected chi connectivity index (χ3v) is 6.28. The van der Waals surface area contributed by atoms with Crippen LogP contribution in [0.4, 0.5) is 5.82 Å². The van der Waals surface area contributed by atoms with Crippen LogP contribution in [0.15, 0.2) is 6.07 Å². The van der Waals surface area contributed by atoms with Gasteiger partial charge in [0.25, 0.3) is 0 Å². The molecule has 0 unspecified atom stereocenters. The minimum absolute atomic E-state index is 0.134. The summed E-state index contributed by atoms with van der Waals surface area (Å²) in [6, 6.07) is 1.79. The minimum atomic E-state index is -3.07. The number of ether oxygens (including phenoxy) is 1. The van der Waals surface area contributed by atoms with Gasteiger partial charge in [-0.1, -0.05) is 0 Å². The molecular weight excluding hydrogens is 292 g/mol. The van der Waals surface area contributed by atoms with Crippen LogP contribution in [0.3, 0.4) is 0 Å². The molecule has 0 N–H and O–H groups in total. The molecule has 2 aliphatic rings. The van der Waals surface area contributed by atoms with Gasteiger partial charge in [0.1, 0.15) is 11.6 Å². The van der Waals surface area contributed by atoms with Gasteiger partial charge in [0.05, 0.1) is 12.4 Å². The van der Waals surface area contributed by atoms with Gasteiger partial charge in [0.2, 0.25) is 15.9 Å². The van der Waals surface area contributed by atoms with Gasteiger partial charge in [0, 0.05) is 32.2 Å². The lowest BCUT2D eigenvalue weighted by Gasteiger charge is -2.34. The van der Waals surface area contributed by atoms with Crippen LogP contribution in [0, 0.1) is 6.92 Å². The van der Waals surface area contributed by atoms with Crippen molar-refractivity contribution in [3.05, 3.63) is 11.9 Å². The van der Waals surface area contributed by atoms with Gasteiger partial charge in [0.15, 0.2) is 0 Å². The Morgan fingerprint density at radius 3 is 2.43 bits per heavy atom. The first-order chi connectivity index (χ1) is 10.0. The van der Waals surface area contributed by atoms with Crippen molar-refractivity contribution in [3.63, 3.8) is 0 Å². The van der Waals surface area contributed by atoms with E-state index in [0.717, 1.165) is 18.7 Å². The Balaban J connectivity index is 1.69. The Hall–Kier alpha value is -1.41. The number of aryl methyl sites for hydroxylation is 1. The molecule has 7 nitrogen and oxygen atoms in total. The summed E-state index contributed by atoms with van der Waals surface area (Å²) >= 11 is 0. The maximum atomic E-state index is 12.2. The van der Waals surface area contributed by atoms with Crippen molar-refractivity contribution in [1.29, 1.82) is 0 Å². The van der Waals surface area contributed by atoms with Crippen molar-refractivity contribution in [3.8, 4) is 5.88 Å². The SMILES string of the molecule is COc1cc(N2CCN(S(=O)(=O)C3CC3)CC2)nc(C)n1. The zero-order chi connectivity index (χ0) is 15.0. The third kappa shape index (κ3) is 2.96. The Kier molecular flexibility index (Phi) is 3.75. The van der Waals surface area contributed by atoms with E-state index >= 15 is 0 Å². The number of nitrogens with zero attached hydrogens (tertiary/aromatic N) is 4. The quantitative estimate of drug-likeness (QED) is 0.801. The first kappa shape index (κ1) is 14.5. The predicted octanol–water partition coefficient (Wildman–Crippen LogP) is 0.408. The second-order valence-corrected chi connectivity index (χ2v) is 7.66. The molecule has 0 radical (unpaired) electrons. The molecule has 2 heterocycles. The van der Waals surface area contributed by atoms with E-state index in [4.69, 9.17) is 4.74 Å². The number of sulfonamides is 1. The van der Waals surface area contributed by atoms with E-state index in [1.807, 2.05) is 6.92 Å². The highest BCUT2D eigenvalue weighted by Crippen LogP contribution is 2.31. The number of hydrogen-bond donors (Lipinski definition) is 0. The highest BCUT2D eigenvalue weighted by Gasteiger charge is 2.41. The fourth-order valence-electron chi connectivity index (χ4n) is 2.54. The van der Waals surface area contributed by atoms with E-state index in [2.05, 4.69) is 14.9 Å². The van der Waals surface area contributed by atoms with E-state index < -0.39 is 10.0 Å². The van der Waals surface area contributed by atoms with Gasteiger partial charge < -0.3 is 9.64 Å². The second kappa shape index (κ2) is 5.42. The maximum absolute atomic E-state index is 12.2. The third-order valence-electron chi connectivity index (χ3n) is 3.88. The summed E-state index contributed by atoms with van der Waals surface area (Å²) in [5.41, 5.74) is 0. The minimum Gasteiger partial charge on any atom is -0.481 e. The Morgan fingerprint density at radius 2 is 1.86 bits per heavy atom. The zero-order valence-corrected chi connectivity index (χ0v) is 13.1. The van der Waals surface area contributed by atoms with E-state index in [9.17, 15) is 8.42 Å². The summed E-state index contributed by atoms with van der Waals surface area (Å²) in [4.78, 5) is 10.7. The molecule has 1 saturated heterocycles. The average molecular weight is 312 g/mol. The summed E-state index contributed by atoms with van der Waals surface area (Å²) in [6.07, 6.45) is 1.62. The monoisotopic (exact) mass is 312 g/mol. The second-order valence-electron chi connectivity index (χ2n) is 5.45. The number of piperazine rings is 1. The molecule has 0 spiro atoms. The average Bonchev–Trinajstić information content (AvgIpc) is 3.32. The number of rotatable bonds is 4. The van der Waals surface area contributed by atoms with Crippen LogP contribution in [-0.2, 0) is 10.0 Å². The Bertz CT molecular complexity index is 622. The molecule has 0 bridgehead atoms. The molecule has 0 atom stereocenters. The van der Waals surface area contributed by atoms with Crippen molar-refractivity contribution in [2.24, 2.45) is 0 Å². The first-order valence-corrected chi connectivity index (χ1v) is 8.64. The van der Waals surface area contributed by atoms with Crippen LogP contribution in [0.25, 0.3) is 0 Å². The molecule has 0 aromatic carbocycles. The van der Waals surface area contributed by atoms with Gasteiger partial charge in [-0.3, -0.25) is 0 Å². The lowest BCUT2D eigenvalue weighted by Crippen LogP contribution is -2.49. The van der Waals surface area contributed by atoms with Crippen molar-refractivity contribution in [2.75, 3.05) is 38.2 Å². The van der Waals surface area contributed by atoms with E-state index in [1.165, 1.54) is 0 Å². The lowest BCUT2D eigenvalue weighted by atomic mass is 10.3. The highest BCUT2D eigenvalue weighted by molar-refractivity contribution is 7.90. The summed E-state index contributed by atoms with van der Waals surface area (Å²) in [5, 5.41) is -0.134. The van der Waals surface area contributed by atoms with Crippen LogP contribution in [-0.4, -0.2) is 61.2 Å². The molecule has 1 aliphatic carbocycles. The molecular formula is C13H20N4O3S. The topological polar surface area (TPSA) is 75.6 Å². The van der Waals surface area contributed by atoms with Gasteiger partial charge >= 0.3 is 0 Å². The van der Waals surface area contributed by atoms with Gasteiger partial charge in [-0.05, 0) is 19.8 Å². The summed E-state index contributed by atoms with van der Waals surface area (Å²) in [5.74, 6) is 1.98. The molecule has 1 aliphatic heterocycles. The van der Waals surface area contributed by atoms with Crippen molar-refractivity contribution in [1.82, 2.24) is 14.3 Å². The number of anilines is 1. The van der Waals surface area contributed by atoms with Crippen LogP contribution in [0.5, 0.6) is 5.88 Å². The zero-order valence-electron chi connectivity index (χ0n) is 12.3. The molecule has 0 amide bonds. The molecule has 1 saturated carbocycles. The summed E-state index contributed by atoms with van der Waals surface area (Å²) < 4.78 is 31.2. The molecule has 21 heavy (non-hydrogen) atoms. The van der Waals surface area contributed by atoms with Crippen molar-refractivity contribution < 1.29 is 13.2 Å². The first-order valence-electron chi connectivity index (χ1n) is 7.14. The van der Waals surface area contributed by atoms with Gasteiger partial charge in [-0.15, -0.1) is 0 Å². The van der Waals surface area contributed by atoms with Crippen LogP contribution >= 0.6 is 0 Å². The molecule has 1 aromatic rings. The van der Waals surface area contributed by atoms with Gasteiger partial charge in [-0.25, -0.2) is 13.4 Å². The largest absolute Gasteiger partial charge is 0.481 e. The molecule has 8 heteroatoms. The lowest BCUT2D eigenvalue weighted by molar-refractivity contribution is 0.379. The van der Waals surface area contributed by atoms with Crippen LogP contribution in [0.1, 0.15) is 18.7 Å². The Morgan fingerprint density at radius 1 is 1.19 bits per heavy atom. The van der Waals surface area contributed by atoms with Crippen molar-refractivity contribution >= 4 is 15.8 Å². The molecule has 3 rings (SSSR count). The Labute approximate surface area is 125 Å². The number of hydrogen-bond acceptors (Lipinski definition) is 6. The molecule has 116 valence electrons. The maximum Gasteiger partial charge on any atom is 0.218 e. The van der Waals surface area contributed by atoms with Gasteiger partial charge in [-0.2, -0.15) is 9.29 Å². The number of aromatic nitrogens is 2. The van der Waals surface area contributed by atoms with Crippen LogP contribution in [0.2, 0.25) is 0 Å². The molecule has 2 fully saturated rings. The van der Waals surface area contributed by atoms with E-state index in [1.54, 1.807) is 17.5 Å².